The zero-order chi connectivity index (χ0) is 19.6. The van der Waals surface area contributed by atoms with Crippen LogP contribution in [0.25, 0.3) is 0 Å². The summed E-state index contributed by atoms with van der Waals surface area (Å²) in [6.07, 6.45) is 1.44. The van der Waals surface area contributed by atoms with Crippen LogP contribution in [0, 0.1) is 27.7 Å². The van der Waals surface area contributed by atoms with Gasteiger partial charge in [0.05, 0.1) is 6.26 Å². The number of furan rings is 1. The third-order valence-corrected chi connectivity index (χ3v) is 4.41. The first-order valence-electron chi connectivity index (χ1n) is 8.70. The summed E-state index contributed by atoms with van der Waals surface area (Å²) in [7, 11) is 0. The molecule has 1 aromatic heterocycles. The minimum atomic E-state index is -0.356. The summed E-state index contributed by atoms with van der Waals surface area (Å²) < 4.78 is 5.11. The van der Waals surface area contributed by atoms with E-state index < -0.39 is 0 Å². The third-order valence-electron chi connectivity index (χ3n) is 4.41. The van der Waals surface area contributed by atoms with Crippen LogP contribution in [0.5, 0.6) is 0 Å². The van der Waals surface area contributed by atoms with Crippen LogP contribution >= 0.6 is 0 Å². The Morgan fingerprint density at radius 3 is 2.15 bits per heavy atom. The highest BCUT2D eigenvalue weighted by molar-refractivity contribution is 6.07. The topological polar surface area (TPSA) is 71.3 Å². The van der Waals surface area contributed by atoms with Gasteiger partial charge in [-0.3, -0.25) is 9.59 Å². The Bertz CT molecular complexity index is 981. The SMILES string of the molecule is Cc1cc(C)c(NC(=O)c2ccc(C)c(NC(=O)c3ccco3)c2)c(C)c1. The lowest BCUT2D eigenvalue weighted by atomic mass is 10.0. The second-order valence-electron chi connectivity index (χ2n) is 6.69. The standard InChI is InChI=1S/C22H22N2O3/c1-13-10-15(3)20(16(4)11-13)24-21(25)17-8-7-14(2)18(12-17)23-22(26)19-6-5-9-27-19/h5-12H,1-4H3,(H,23,26)(H,24,25). The highest BCUT2D eigenvalue weighted by Gasteiger charge is 2.14. The van der Waals surface area contributed by atoms with E-state index in [1.54, 1.807) is 24.3 Å². The lowest BCUT2D eigenvalue weighted by Gasteiger charge is -2.14. The van der Waals surface area contributed by atoms with Crippen LogP contribution in [0.15, 0.2) is 53.1 Å². The molecule has 0 fully saturated rings. The van der Waals surface area contributed by atoms with Crippen molar-refractivity contribution < 1.29 is 14.0 Å². The third kappa shape index (κ3) is 4.08. The minimum Gasteiger partial charge on any atom is -0.459 e. The molecule has 2 amide bonds. The number of rotatable bonds is 4. The van der Waals surface area contributed by atoms with Gasteiger partial charge in [0.25, 0.3) is 11.8 Å². The van der Waals surface area contributed by atoms with Gasteiger partial charge >= 0.3 is 0 Å². The van der Waals surface area contributed by atoms with E-state index in [-0.39, 0.29) is 17.6 Å². The first-order chi connectivity index (χ1) is 12.8. The van der Waals surface area contributed by atoms with Crippen molar-refractivity contribution in [2.75, 3.05) is 10.6 Å². The summed E-state index contributed by atoms with van der Waals surface area (Å²) in [5.41, 5.74) is 5.89. The van der Waals surface area contributed by atoms with E-state index in [2.05, 4.69) is 10.6 Å². The van der Waals surface area contributed by atoms with Crippen molar-refractivity contribution in [1.82, 2.24) is 0 Å². The molecular weight excluding hydrogens is 340 g/mol. The van der Waals surface area contributed by atoms with Gasteiger partial charge in [0.15, 0.2) is 5.76 Å². The van der Waals surface area contributed by atoms with Crippen molar-refractivity contribution in [3.63, 3.8) is 0 Å². The van der Waals surface area contributed by atoms with E-state index in [1.807, 2.05) is 45.9 Å². The highest BCUT2D eigenvalue weighted by atomic mass is 16.3. The number of amides is 2. The molecule has 0 saturated carbocycles. The van der Waals surface area contributed by atoms with Crippen LogP contribution in [0.3, 0.4) is 0 Å². The van der Waals surface area contributed by atoms with Crippen LogP contribution in [0.2, 0.25) is 0 Å². The number of benzene rings is 2. The highest BCUT2D eigenvalue weighted by Crippen LogP contribution is 2.24. The number of hydrogen-bond acceptors (Lipinski definition) is 3. The molecule has 0 bridgehead atoms. The van der Waals surface area contributed by atoms with Crippen molar-refractivity contribution in [2.24, 2.45) is 0 Å². The first kappa shape index (κ1) is 18.5. The molecule has 5 nitrogen and oxygen atoms in total. The maximum absolute atomic E-state index is 12.7. The number of carbonyl (C=O) groups is 2. The molecule has 0 atom stereocenters. The smallest absolute Gasteiger partial charge is 0.291 e. The second-order valence-corrected chi connectivity index (χ2v) is 6.69. The zero-order valence-electron chi connectivity index (χ0n) is 15.8. The predicted octanol–water partition coefficient (Wildman–Crippen LogP) is 5.02. The Morgan fingerprint density at radius 2 is 1.52 bits per heavy atom. The fourth-order valence-corrected chi connectivity index (χ4v) is 3.05. The van der Waals surface area contributed by atoms with E-state index in [0.717, 1.165) is 27.9 Å². The quantitative estimate of drug-likeness (QED) is 0.685. The molecule has 0 saturated heterocycles. The molecule has 2 N–H and O–H groups in total. The molecular formula is C22H22N2O3. The van der Waals surface area contributed by atoms with Crippen molar-refractivity contribution >= 4 is 23.2 Å². The first-order valence-corrected chi connectivity index (χ1v) is 8.70. The van der Waals surface area contributed by atoms with Crippen molar-refractivity contribution in [2.45, 2.75) is 27.7 Å². The number of hydrogen-bond donors (Lipinski definition) is 2. The van der Waals surface area contributed by atoms with Gasteiger partial charge in [-0.05, 0) is 68.7 Å². The summed E-state index contributed by atoms with van der Waals surface area (Å²) in [5.74, 6) is -0.361. The van der Waals surface area contributed by atoms with Crippen LogP contribution in [0.4, 0.5) is 11.4 Å². The van der Waals surface area contributed by atoms with E-state index >= 15 is 0 Å². The zero-order valence-corrected chi connectivity index (χ0v) is 15.8. The lowest BCUT2D eigenvalue weighted by molar-refractivity contribution is 0.0993. The summed E-state index contributed by atoms with van der Waals surface area (Å²) >= 11 is 0. The number of nitrogens with one attached hydrogen (secondary N) is 2. The van der Waals surface area contributed by atoms with Crippen LogP contribution in [-0.2, 0) is 0 Å². The average molecular weight is 362 g/mol. The van der Waals surface area contributed by atoms with E-state index in [0.29, 0.717) is 11.3 Å². The Kier molecular flexibility index (Phi) is 5.12. The molecule has 0 spiro atoms. The molecule has 3 aromatic rings. The molecule has 0 unspecified atom stereocenters. The molecule has 1 heterocycles. The van der Waals surface area contributed by atoms with Gasteiger partial charge in [-0.2, -0.15) is 0 Å². The summed E-state index contributed by atoms with van der Waals surface area (Å²) in [4.78, 5) is 25.0. The molecule has 138 valence electrons. The Hall–Kier alpha value is -3.34. The maximum atomic E-state index is 12.7. The van der Waals surface area contributed by atoms with Crippen LogP contribution < -0.4 is 10.6 Å². The number of carbonyl (C=O) groups excluding carboxylic acids is 2. The van der Waals surface area contributed by atoms with Gasteiger partial charge in [-0.25, -0.2) is 0 Å². The predicted molar refractivity (Wildman–Crippen MR) is 106 cm³/mol. The van der Waals surface area contributed by atoms with Crippen LogP contribution in [-0.4, -0.2) is 11.8 Å². The molecule has 3 rings (SSSR count). The van der Waals surface area contributed by atoms with Crippen molar-refractivity contribution in [3.05, 3.63) is 82.3 Å². The molecule has 27 heavy (non-hydrogen) atoms. The molecule has 5 heteroatoms. The summed E-state index contributed by atoms with van der Waals surface area (Å²) in [6.45, 7) is 7.84. The van der Waals surface area contributed by atoms with Crippen molar-refractivity contribution in [1.29, 1.82) is 0 Å². The average Bonchev–Trinajstić information content (AvgIpc) is 3.14. The fourth-order valence-electron chi connectivity index (χ4n) is 3.05. The monoisotopic (exact) mass is 362 g/mol. The molecule has 0 radical (unpaired) electrons. The second kappa shape index (κ2) is 7.50. The Labute approximate surface area is 158 Å². The van der Waals surface area contributed by atoms with Crippen molar-refractivity contribution in [3.8, 4) is 0 Å². The molecule has 2 aromatic carbocycles. The largest absolute Gasteiger partial charge is 0.459 e. The van der Waals surface area contributed by atoms with Crippen LogP contribution in [0.1, 0.15) is 43.2 Å². The van der Waals surface area contributed by atoms with Gasteiger partial charge in [0, 0.05) is 16.9 Å². The lowest BCUT2D eigenvalue weighted by Crippen LogP contribution is -2.16. The molecule has 0 aliphatic rings. The maximum Gasteiger partial charge on any atom is 0.291 e. The van der Waals surface area contributed by atoms with Gasteiger partial charge in [0.2, 0.25) is 0 Å². The normalized spacial score (nSPS) is 10.5. The summed E-state index contributed by atoms with van der Waals surface area (Å²) in [6, 6.07) is 12.5. The molecule has 0 aliphatic carbocycles. The minimum absolute atomic E-state index is 0.218. The van der Waals surface area contributed by atoms with Gasteiger partial charge in [-0.1, -0.05) is 23.8 Å². The number of anilines is 2. The van der Waals surface area contributed by atoms with Gasteiger partial charge in [0.1, 0.15) is 0 Å². The summed E-state index contributed by atoms with van der Waals surface area (Å²) in [5, 5.41) is 5.77. The molecule has 0 aliphatic heterocycles. The fraction of sp³-hybridized carbons (Fsp3) is 0.182. The van der Waals surface area contributed by atoms with E-state index in [9.17, 15) is 9.59 Å². The van der Waals surface area contributed by atoms with E-state index in [1.165, 1.54) is 6.26 Å². The van der Waals surface area contributed by atoms with Gasteiger partial charge < -0.3 is 15.1 Å². The Morgan fingerprint density at radius 1 is 0.815 bits per heavy atom. The number of aryl methyl sites for hydroxylation is 4. The van der Waals surface area contributed by atoms with Gasteiger partial charge in [-0.15, -0.1) is 0 Å². The van der Waals surface area contributed by atoms with E-state index in [4.69, 9.17) is 4.42 Å². The Balaban J connectivity index is 1.83.